The van der Waals surface area contributed by atoms with Gasteiger partial charge in [-0.2, -0.15) is 0 Å². The van der Waals surface area contributed by atoms with E-state index >= 15 is 0 Å². The van der Waals surface area contributed by atoms with Crippen molar-refractivity contribution in [1.29, 1.82) is 0 Å². The summed E-state index contributed by atoms with van der Waals surface area (Å²) >= 11 is 0. The van der Waals surface area contributed by atoms with Crippen LogP contribution in [0.2, 0.25) is 0 Å². The predicted octanol–water partition coefficient (Wildman–Crippen LogP) is 7.02. The first kappa shape index (κ1) is 24.6. The summed E-state index contributed by atoms with van der Waals surface area (Å²) in [6.45, 7) is 7.60. The van der Waals surface area contributed by atoms with Crippen molar-refractivity contribution in [2.75, 3.05) is 0 Å². The van der Waals surface area contributed by atoms with Gasteiger partial charge in [0.2, 0.25) is 0 Å². The molecular formula is C29H27IrNO2. The molecule has 1 aliphatic rings. The molecule has 0 amide bonds. The van der Waals surface area contributed by atoms with Crippen LogP contribution in [0.25, 0.3) is 33.3 Å². The van der Waals surface area contributed by atoms with E-state index in [1.807, 2.05) is 12.1 Å². The van der Waals surface area contributed by atoms with Gasteiger partial charge in [-0.1, -0.05) is 79.6 Å². The van der Waals surface area contributed by atoms with E-state index in [1.54, 1.807) is 0 Å². The van der Waals surface area contributed by atoms with E-state index in [2.05, 4.69) is 80.6 Å². The van der Waals surface area contributed by atoms with Crippen LogP contribution in [-0.4, -0.2) is 20.7 Å². The van der Waals surface area contributed by atoms with E-state index in [1.165, 1.54) is 47.6 Å². The molecule has 169 valence electrons. The largest absolute Gasteiger partial charge is 0.512 e. The minimum Gasteiger partial charge on any atom is -0.512 e. The van der Waals surface area contributed by atoms with Crippen LogP contribution in [0.4, 0.5) is 0 Å². The Kier molecular flexibility index (Phi) is 7.31. The van der Waals surface area contributed by atoms with Gasteiger partial charge in [-0.15, -0.1) is 29.3 Å². The molecule has 0 unspecified atom stereocenters. The van der Waals surface area contributed by atoms with Crippen molar-refractivity contribution in [1.82, 2.24) is 4.98 Å². The van der Waals surface area contributed by atoms with Crippen LogP contribution in [0.15, 0.2) is 84.6 Å². The van der Waals surface area contributed by atoms with Crippen LogP contribution < -0.4 is 0 Å². The zero-order valence-corrected chi connectivity index (χ0v) is 21.6. The maximum atomic E-state index is 8.40. The minimum absolute atomic E-state index is 0. The van der Waals surface area contributed by atoms with Gasteiger partial charge in [0, 0.05) is 20.1 Å². The van der Waals surface area contributed by atoms with Crippen LogP contribution in [0.3, 0.4) is 0 Å². The fourth-order valence-corrected chi connectivity index (χ4v) is 4.31. The second-order valence-electron chi connectivity index (χ2n) is 8.66. The molecule has 1 heterocycles. The number of para-hydroxylation sites is 1. The number of allylic oxidation sites excluding steroid dienone is 2. The van der Waals surface area contributed by atoms with Crippen molar-refractivity contribution in [3.05, 3.63) is 102 Å². The summed E-state index contributed by atoms with van der Waals surface area (Å²) < 4.78 is 0. The summed E-state index contributed by atoms with van der Waals surface area (Å²) in [7, 11) is 0. The van der Waals surface area contributed by atoms with Crippen molar-refractivity contribution >= 4 is 16.7 Å². The SMILES string of the molecule is CC(=[OH+])C=C(C)O.CC1(C)c2ccccc2-c2c[c-]c(-c3ccc4ccccc4n3)cc21.[Ir]. The number of hydrogen-bond acceptors (Lipinski definition) is 2. The molecule has 0 fully saturated rings. The van der Waals surface area contributed by atoms with Crippen molar-refractivity contribution in [3.63, 3.8) is 0 Å². The zero-order chi connectivity index (χ0) is 22.9. The molecule has 0 atom stereocenters. The number of aromatic nitrogens is 1. The smallest absolute Gasteiger partial charge is 0.316 e. The van der Waals surface area contributed by atoms with E-state index < -0.39 is 0 Å². The third-order valence-electron chi connectivity index (χ3n) is 5.81. The molecular weight excluding hydrogens is 587 g/mol. The molecule has 0 saturated heterocycles. The summed E-state index contributed by atoms with van der Waals surface area (Å²) in [5.41, 5.74) is 8.45. The minimum atomic E-state index is 0. The second kappa shape index (κ2) is 9.82. The summed E-state index contributed by atoms with van der Waals surface area (Å²) in [5, 5.41) is 9.57. The summed E-state index contributed by atoms with van der Waals surface area (Å²) in [5.74, 6) is 0.250. The molecule has 1 aromatic heterocycles. The topological polar surface area (TPSA) is 54.5 Å². The standard InChI is InChI=1S/C24H18N.C5H8O2.Ir/c1-24(2)20-9-5-4-8-18(20)19-13-11-17(15-21(19)24)23-14-12-16-7-3-6-10-22(16)25-23;1-4(6)3-5(2)7;/h3-10,12-15H,1-2H3;3,6H,1-2H3;/q-1;;/p+1. The fraction of sp³-hybridized carbons (Fsp3) is 0.172. The number of ketones is 1. The molecule has 2 N–H and O–H groups in total. The van der Waals surface area contributed by atoms with Gasteiger partial charge >= 0.3 is 5.78 Å². The normalized spacial score (nSPS) is 13.3. The Morgan fingerprint density at radius 2 is 1.64 bits per heavy atom. The molecule has 4 heteroatoms. The van der Waals surface area contributed by atoms with Crippen LogP contribution in [0.1, 0.15) is 38.8 Å². The Morgan fingerprint density at radius 3 is 2.33 bits per heavy atom. The molecule has 1 radical (unpaired) electrons. The first-order chi connectivity index (χ1) is 15.3. The monoisotopic (exact) mass is 614 g/mol. The molecule has 5 rings (SSSR count). The number of carbonyl (C=O) groups excluding carboxylic acids is 1. The maximum Gasteiger partial charge on any atom is 0.316 e. The van der Waals surface area contributed by atoms with Gasteiger partial charge in [0.1, 0.15) is 0 Å². The van der Waals surface area contributed by atoms with Gasteiger partial charge in [-0.25, -0.2) is 0 Å². The van der Waals surface area contributed by atoms with Crippen LogP contribution in [-0.2, 0) is 25.5 Å². The van der Waals surface area contributed by atoms with E-state index in [9.17, 15) is 0 Å². The maximum absolute atomic E-state index is 8.40. The van der Waals surface area contributed by atoms with Gasteiger partial charge in [0.15, 0.2) is 0 Å². The molecule has 1 aliphatic carbocycles. The number of pyridine rings is 1. The van der Waals surface area contributed by atoms with Crippen molar-refractivity contribution < 1.29 is 30.0 Å². The van der Waals surface area contributed by atoms with Crippen molar-refractivity contribution in [2.45, 2.75) is 33.1 Å². The Balaban J connectivity index is 0.000000337. The number of benzene rings is 3. The van der Waals surface area contributed by atoms with E-state index in [-0.39, 0.29) is 37.1 Å². The number of fused-ring (bicyclic) bond motifs is 4. The van der Waals surface area contributed by atoms with Crippen molar-refractivity contribution in [2.24, 2.45) is 0 Å². The Morgan fingerprint density at radius 1 is 0.939 bits per heavy atom. The first-order valence-electron chi connectivity index (χ1n) is 10.7. The van der Waals surface area contributed by atoms with E-state index in [4.69, 9.17) is 14.9 Å². The average Bonchev–Trinajstić information content (AvgIpc) is 3.00. The van der Waals surface area contributed by atoms with Crippen LogP contribution in [0.5, 0.6) is 0 Å². The number of aliphatic hydroxyl groups is 1. The number of hydrogen-bond donors (Lipinski definition) is 1. The molecule has 0 spiro atoms. The molecule has 33 heavy (non-hydrogen) atoms. The third kappa shape index (κ3) is 4.98. The van der Waals surface area contributed by atoms with Gasteiger partial charge in [-0.3, -0.25) is 9.78 Å². The molecule has 0 bridgehead atoms. The Bertz CT molecular complexity index is 1350. The quantitative estimate of drug-likeness (QED) is 0.114. The third-order valence-corrected chi connectivity index (χ3v) is 5.81. The zero-order valence-electron chi connectivity index (χ0n) is 19.2. The second-order valence-corrected chi connectivity index (χ2v) is 8.66. The fourth-order valence-electron chi connectivity index (χ4n) is 4.31. The van der Waals surface area contributed by atoms with Crippen molar-refractivity contribution in [3.8, 4) is 22.4 Å². The van der Waals surface area contributed by atoms with Gasteiger partial charge in [0.25, 0.3) is 0 Å². The number of nitrogens with zero attached hydrogens (tertiary/aromatic N) is 1. The molecule has 3 nitrogen and oxygen atoms in total. The predicted molar refractivity (Wildman–Crippen MR) is 133 cm³/mol. The summed E-state index contributed by atoms with van der Waals surface area (Å²) in [4.78, 5) is 13.2. The number of rotatable bonds is 2. The van der Waals surface area contributed by atoms with Gasteiger partial charge in [-0.05, 0) is 35.0 Å². The summed E-state index contributed by atoms with van der Waals surface area (Å²) in [6.07, 6.45) is 1.28. The first-order valence-corrected chi connectivity index (χ1v) is 10.7. The molecule has 4 aromatic rings. The Labute approximate surface area is 208 Å². The van der Waals surface area contributed by atoms with Gasteiger partial charge in [0.05, 0.1) is 24.3 Å². The van der Waals surface area contributed by atoms with Crippen LogP contribution >= 0.6 is 0 Å². The molecule has 0 saturated carbocycles. The summed E-state index contributed by atoms with van der Waals surface area (Å²) in [6, 6.07) is 29.0. The Hall–Kier alpha value is -3.07. The van der Waals surface area contributed by atoms with E-state index in [0.717, 1.165) is 16.8 Å². The average molecular weight is 614 g/mol. The van der Waals surface area contributed by atoms with Crippen LogP contribution in [0, 0.1) is 6.07 Å². The van der Waals surface area contributed by atoms with E-state index in [0.29, 0.717) is 0 Å². The van der Waals surface area contributed by atoms with Gasteiger partial charge < -0.3 is 5.11 Å². The molecule has 0 aliphatic heterocycles. The number of aliphatic hydroxyl groups excluding tert-OH is 1. The molecule has 3 aromatic carbocycles.